The van der Waals surface area contributed by atoms with Crippen molar-refractivity contribution in [3.8, 4) is 0 Å². The lowest BCUT2D eigenvalue weighted by Crippen LogP contribution is -2.03. The number of carbonyl (C=O) groups is 2. The maximum Gasteiger partial charge on any atom is 0.330 e. The Morgan fingerprint density at radius 3 is 1.50 bits per heavy atom. The van der Waals surface area contributed by atoms with Gasteiger partial charge in [-0.1, -0.05) is 13.2 Å². The third kappa shape index (κ3) is 17.6. The third-order valence-corrected chi connectivity index (χ3v) is 1.36. The van der Waals surface area contributed by atoms with Crippen molar-refractivity contribution in [2.45, 2.75) is 0 Å². The van der Waals surface area contributed by atoms with Crippen LogP contribution in [0.5, 0.6) is 0 Å². The molecule has 0 atom stereocenters. The van der Waals surface area contributed by atoms with Crippen LogP contribution in [0.15, 0.2) is 35.3 Å². The first-order valence-electron chi connectivity index (χ1n) is 5.28. The minimum Gasteiger partial charge on any atom is -0.461 e. The average molecular weight is 282 g/mol. The molecule has 8 nitrogen and oxygen atoms in total. The summed E-state index contributed by atoms with van der Waals surface area (Å²) in [7, 11) is 0. The zero-order valence-electron chi connectivity index (χ0n) is 10.7. The van der Waals surface area contributed by atoms with E-state index in [9.17, 15) is 19.2 Å². The SMILES string of the molecule is C=CC(=O)OCCN=C=O.C=CC(=O)OCCN=C=O. The molecule has 108 valence electrons. The molecule has 0 radical (unpaired) electrons. The minimum absolute atomic E-state index is 0.0973. The van der Waals surface area contributed by atoms with Crippen molar-refractivity contribution in [1.82, 2.24) is 0 Å². The van der Waals surface area contributed by atoms with Crippen LogP contribution >= 0.6 is 0 Å². The Hall–Kier alpha value is -2.82. The summed E-state index contributed by atoms with van der Waals surface area (Å²) in [5.74, 6) is -1.03. The van der Waals surface area contributed by atoms with Gasteiger partial charge in [-0.05, 0) is 0 Å². The van der Waals surface area contributed by atoms with Crippen LogP contribution in [0.25, 0.3) is 0 Å². The van der Waals surface area contributed by atoms with Gasteiger partial charge >= 0.3 is 11.9 Å². The zero-order valence-corrected chi connectivity index (χ0v) is 10.7. The topological polar surface area (TPSA) is 111 Å². The van der Waals surface area contributed by atoms with Gasteiger partial charge in [0.05, 0.1) is 13.1 Å². The Labute approximate surface area is 115 Å². The van der Waals surface area contributed by atoms with E-state index in [4.69, 9.17) is 0 Å². The van der Waals surface area contributed by atoms with Crippen molar-refractivity contribution in [3.05, 3.63) is 25.3 Å². The van der Waals surface area contributed by atoms with Crippen LogP contribution < -0.4 is 0 Å². The summed E-state index contributed by atoms with van der Waals surface area (Å²) in [4.78, 5) is 45.8. The highest BCUT2D eigenvalue weighted by Crippen LogP contribution is 1.79. The van der Waals surface area contributed by atoms with E-state index in [-0.39, 0.29) is 26.3 Å². The fraction of sp³-hybridized carbons (Fsp3) is 0.333. The Balaban J connectivity index is 0. The third-order valence-electron chi connectivity index (χ3n) is 1.36. The van der Waals surface area contributed by atoms with Gasteiger partial charge in [-0.25, -0.2) is 29.2 Å². The largest absolute Gasteiger partial charge is 0.461 e. The highest BCUT2D eigenvalue weighted by Gasteiger charge is 1.92. The van der Waals surface area contributed by atoms with Crippen LogP contribution in [0.4, 0.5) is 0 Å². The Kier molecular flexibility index (Phi) is 15.8. The van der Waals surface area contributed by atoms with E-state index >= 15 is 0 Å². The van der Waals surface area contributed by atoms with Gasteiger partial charge in [-0.2, -0.15) is 0 Å². The van der Waals surface area contributed by atoms with Crippen molar-refractivity contribution in [3.63, 3.8) is 0 Å². The first-order valence-corrected chi connectivity index (χ1v) is 5.28. The van der Waals surface area contributed by atoms with Crippen LogP contribution in [-0.2, 0) is 28.7 Å². The molecule has 0 N–H and O–H groups in total. The molecule has 0 rings (SSSR count). The number of rotatable bonds is 8. The molecule has 0 amide bonds. The molecular weight excluding hydrogens is 268 g/mol. The molecule has 20 heavy (non-hydrogen) atoms. The number of isocyanates is 2. The van der Waals surface area contributed by atoms with E-state index in [2.05, 4.69) is 32.6 Å². The molecule has 8 heteroatoms. The lowest BCUT2D eigenvalue weighted by atomic mass is 10.6. The number of ether oxygens (including phenoxy) is 2. The van der Waals surface area contributed by atoms with Gasteiger partial charge in [-0.3, -0.25) is 0 Å². The van der Waals surface area contributed by atoms with Crippen LogP contribution in [0.3, 0.4) is 0 Å². The van der Waals surface area contributed by atoms with E-state index < -0.39 is 11.9 Å². The van der Waals surface area contributed by atoms with Crippen molar-refractivity contribution in [2.75, 3.05) is 26.3 Å². The van der Waals surface area contributed by atoms with Crippen molar-refractivity contribution < 1.29 is 28.7 Å². The van der Waals surface area contributed by atoms with Gasteiger partial charge in [0, 0.05) is 12.2 Å². The number of nitrogens with zero attached hydrogens (tertiary/aromatic N) is 2. The van der Waals surface area contributed by atoms with E-state index in [1.807, 2.05) is 0 Å². The molecular formula is C12H14N2O6. The summed E-state index contributed by atoms with van der Waals surface area (Å²) >= 11 is 0. The number of hydrogen-bond acceptors (Lipinski definition) is 8. The number of carbonyl (C=O) groups excluding carboxylic acids is 4. The minimum atomic E-state index is -0.513. The molecule has 0 unspecified atom stereocenters. The average Bonchev–Trinajstić information content (AvgIpc) is 2.48. The molecule has 0 heterocycles. The van der Waals surface area contributed by atoms with Crippen molar-refractivity contribution >= 4 is 24.1 Å². The summed E-state index contributed by atoms with van der Waals surface area (Å²) in [5.41, 5.74) is 0. The van der Waals surface area contributed by atoms with Gasteiger partial charge in [0.1, 0.15) is 13.2 Å². The molecule has 0 fully saturated rings. The number of hydrogen-bond donors (Lipinski definition) is 0. The van der Waals surface area contributed by atoms with Gasteiger partial charge in [0.25, 0.3) is 0 Å². The van der Waals surface area contributed by atoms with Gasteiger partial charge in [0.15, 0.2) is 0 Å². The van der Waals surface area contributed by atoms with Crippen LogP contribution in [0.1, 0.15) is 0 Å². The summed E-state index contributed by atoms with van der Waals surface area (Å²) in [6.07, 6.45) is 4.73. The molecule has 0 aromatic carbocycles. The highest BCUT2D eigenvalue weighted by atomic mass is 16.5. The summed E-state index contributed by atoms with van der Waals surface area (Å²) < 4.78 is 8.93. The molecule has 0 saturated carbocycles. The summed E-state index contributed by atoms with van der Waals surface area (Å²) in [6, 6.07) is 0. The van der Waals surface area contributed by atoms with E-state index in [0.717, 1.165) is 12.2 Å². The maximum atomic E-state index is 10.3. The quantitative estimate of drug-likeness (QED) is 0.205. The second-order valence-electron chi connectivity index (χ2n) is 2.69. The Bertz CT molecular complexity index is 380. The van der Waals surface area contributed by atoms with Crippen LogP contribution in [0.2, 0.25) is 0 Å². The highest BCUT2D eigenvalue weighted by molar-refractivity contribution is 5.81. The van der Waals surface area contributed by atoms with Crippen molar-refractivity contribution in [1.29, 1.82) is 0 Å². The van der Waals surface area contributed by atoms with Gasteiger partial charge < -0.3 is 9.47 Å². The van der Waals surface area contributed by atoms with Gasteiger partial charge in [-0.15, -0.1) is 0 Å². The molecule has 0 aromatic rings. The molecule has 0 aromatic heterocycles. The predicted molar refractivity (Wildman–Crippen MR) is 68.3 cm³/mol. The number of aliphatic imine (C=N–C) groups is 2. The predicted octanol–water partition coefficient (Wildman–Crippen LogP) is 0.103. The fourth-order valence-electron chi connectivity index (χ4n) is 0.593. The standard InChI is InChI=1S/2C6H7NO3/c2*1-2-6(9)10-4-3-7-5-8/h2*2H,1,3-4H2. The van der Waals surface area contributed by atoms with Crippen LogP contribution in [-0.4, -0.2) is 50.4 Å². The molecule has 0 aliphatic rings. The van der Waals surface area contributed by atoms with E-state index in [1.54, 1.807) is 0 Å². The smallest absolute Gasteiger partial charge is 0.330 e. The van der Waals surface area contributed by atoms with Crippen LogP contribution in [0, 0.1) is 0 Å². The Morgan fingerprint density at radius 1 is 0.900 bits per heavy atom. The second kappa shape index (κ2) is 16.2. The number of esters is 2. The zero-order chi connectivity index (χ0) is 15.6. The second-order valence-corrected chi connectivity index (χ2v) is 2.69. The first-order chi connectivity index (χ1) is 9.62. The Morgan fingerprint density at radius 2 is 1.25 bits per heavy atom. The van der Waals surface area contributed by atoms with E-state index in [0.29, 0.717) is 0 Å². The molecule has 0 saturated heterocycles. The fourth-order valence-corrected chi connectivity index (χ4v) is 0.593. The molecule has 0 aliphatic carbocycles. The monoisotopic (exact) mass is 282 g/mol. The summed E-state index contributed by atoms with van der Waals surface area (Å²) in [5, 5.41) is 0. The lowest BCUT2D eigenvalue weighted by Gasteiger charge is -1.94. The first kappa shape index (κ1) is 19.5. The van der Waals surface area contributed by atoms with Crippen molar-refractivity contribution in [2.24, 2.45) is 9.98 Å². The van der Waals surface area contributed by atoms with E-state index in [1.165, 1.54) is 12.2 Å². The van der Waals surface area contributed by atoms with Gasteiger partial charge in [0.2, 0.25) is 12.2 Å². The normalized spacial score (nSPS) is 7.60. The molecule has 0 spiro atoms. The molecule has 0 bridgehead atoms. The lowest BCUT2D eigenvalue weighted by molar-refractivity contribution is -0.138. The summed E-state index contributed by atoms with van der Waals surface area (Å²) in [6.45, 7) is 6.86. The molecule has 0 aliphatic heterocycles. The maximum absolute atomic E-state index is 10.3.